The second-order valence-corrected chi connectivity index (χ2v) is 4.26. The molecule has 1 rings (SSSR count). The summed E-state index contributed by atoms with van der Waals surface area (Å²) in [7, 11) is 0. The quantitative estimate of drug-likeness (QED) is 0.832. The lowest BCUT2D eigenvalue weighted by Gasteiger charge is -2.12. The summed E-state index contributed by atoms with van der Waals surface area (Å²) < 4.78 is 5.45. The molecule has 1 aromatic rings. The fourth-order valence-corrected chi connectivity index (χ4v) is 1.81. The molecule has 0 saturated heterocycles. The third-order valence-corrected chi connectivity index (χ3v) is 2.68. The van der Waals surface area contributed by atoms with E-state index in [9.17, 15) is 4.79 Å². The Morgan fingerprint density at radius 1 is 1.50 bits per heavy atom. The van der Waals surface area contributed by atoms with E-state index in [1.807, 2.05) is 26.8 Å². The van der Waals surface area contributed by atoms with Crippen LogP contribution in [0.15, 0.2) is 10.5 Å². The number of hydrogen-bond acceptors (Lipinski definition) is 2. The molecule has 1 amide bonds. The lowest BCUT2D eigenvalue weighted by atomic mass is 10.1. The van der Waals surface area contributed by atoms with Crippen LogP contribution in [0.2, 0.25) is 0 Å². The van der Waals surface area contributed by atoms with Crippen molar-refractivity contribution in [3.8, 4) is 0 Å². The first-order valence-corrected chi connectivity index (χ1v) is 5.91. The Hall–Kier alpha value is -1.25. The van der Waals surface area contributed by atoms with Gasteiger partial charge in [-0.1, -0.05) is 13.3 Å². The summed E-state index contributed by atoms with van der Waals surface area (Å²) in [6.07, 6.45) is 2.60. The molecule has 16 heavy (non-hydrogen) atoms. The van der Waals surface area contributed by atoms with Crippen molar-refractivity contribution in [2.24, 2.45) is 0 Å². The van der Waals surface area contributed by atoms with Gasteiger partial charge in [-0.25, -0.2) is 0 Å². The molecule has 0 bridgehead atoms. The molecule has 90 valence electrons. The van der Waals surface area contributed by atoms with Crippen LogP contribution in [0.1, 0.15) is 56.2 Å². The van der Waals surface area contributed by atoms with Crippen molar-refractivity contribution in [2.75, 3.05) is 0 Å². The molecule has 0 fully saturated rings. The van der Waals surface area contributed by atoms with Crippen molar-refractivity contribution in [3.63, 3.8) is 0 Å². The minimum atomic E-state index is 0.0295. The van der Waals surface area contributed by atoms with Crippen molar-refractivity contribution >= 4 is 5.91 Å². The number of nitrogens with one attached hydrogen (secondary N) is 1. The minimum Gasteiger partial charge on any atom is -0.466 e. The first kappa shape index (κ1) is 12.8. The first-order chi connectivity index (χ1) is 7.54. The van der Waals surface area contributed by atoms with Crippen molar-refractivity contribution < 1.29 is 9.21 Å². The molecule has 0 aliphatic rings. The van der Waals surface area contributed by atoms with Gasteiger partial charge in [0.05, 0.1) is 6.04 Å². The van der Waals surface area contributed by atoms with Crippen LogP contribution >= 0.6 is 0 Å². The maximum atomic E-state index is 11.6. The van der Waals surface area contributed by atoms with Gasteiger partial charge in [0, 0.05) is 12.0 Å². The van der Waals surface area contributed by atoms with Gasteiger partial charge in [0.2, 0.25) is 5.91 Å². The van der Waals surface area contributed by atoms with Gasteiger partial charge < -0.3 is 9.73 Å². The lowest BCUT2D eigenvalue weighted by molar-refractivity contribution is -0.121. The fraction of sp³-hybridized carbons (Fsp3) is 0.615. The number of aryl methyl sites for hydroxylation is 2. The summed E-state index contributed by atoms with van der Waals surface area (Å²) in [6.45, 7) is 7.92. The largest absolute Gasteiger partial charge is 0.466 e. The van der Waals surface area contributed by atoms with Gasteiger partial charge in [0.25, 0.3) is 0 Å². The van der Waals surface area contributed by atoms with Crippen LogP contribution in [0.3, 0.4) is 0 Å². The number of carbonyl (C=O) groups excluding carboxylic acids is 1. The van der Waals surface area contributed by atoms with Crippen molar-refractivity contribution in [2.45, 2.75) is 53.0 Å². The van der Waals surface area contributed by atoms with E-state index in [1.54, 1.807) is 0 Å². The van der Waals surface area contributed by atoms with Crippen LogP contribution in [0.5, 0.6) is 0 Å². The summed E-state index contributed by atoms with van der Waals surface area (Å²) in [5, 5.41) is 2.99. The first-order valence-electron chi connectivity index (χ1n) is 5.91. The standard InChI is InChI=1S/C13H21NO2/c1-5-6-7-13(15)14-10(3)12-8-9(2)16-11(12)4/h8,10H,5-7H2,1-4H3,(H,14,15). The van der Waals surface area contributed by atoms with E-state index < -0.39 is 0 Å². The maximum Gasteiger partial charge on any atom is 0.220 e. The molecule has 0 spiro atoms. The third-order valence-electron chi connectivity index (χ3n) is 2.68. The van der Waals surface area contributed by atoms with E-state index in [-0.39, 0.29) is 11.9 Å². The highest BCUT2D eigenvalue weighted by atomic mass is 16.3. The van der Waals surface area contributed by atoms with Crippen LogP contribution in [0.25, 0.3) is 0 Å². The maximum absolute atomic E-state index is 11.6. The number of rotatable bonds is 5. The van der Waals surface area contributed by atoms with Gasteiger partial charge in [0.15, 0.2) is 0 Å². The molecule has 0 aliphatic carbocycles. The Morgan fingerprint density at radius 3 is 2.69 bits per heavy atom. The number of hydrogen-bond donors (Lipinski definition) is 1. The highest BCUT2D eigenvalue weighted by Crippen LogP contribution is 2.21. The van der Waals surface area contributed by atoms with Gasteiger partial charge in [-0.05, 0) is 33.3 Å². The Balaban J connectivity index is 2.55. The third kappa shape index (κ3) is 3.40. The van der Waals surface area contributed by atoms with E-state index in [0.29, 0.717) is 6.42 Å². The second-order valence-electron chi connectivity index (χ2n) is 4.26. The highest BCUT2D eigenvalue weighted by Gasteiger charge is 2.14. The Kier molecular flexibility index (Phi) is 4.59. The minimum absolute atomic E-state index is 0.0295. The van der Waals surface area contributed by atoms with Gasteiger partial charge >= 0.3 is 0 Å². The predicted octanol–water partition coefficient (Wildman–Crippen LogP) is 3.26. The molecule has 0 saturated carbocycles. The van der Waals surface area contributed by atoms with E-state index >= 15 is 0 Å². The molecular formula is C13H21NO2. The molecule has 3 heteroatoms. The molecule has 1 atom stereocenters. The zero-order valence-corrected chi connectivity index (χ0v) is 10.6. The van der Waals surface area contributed by atoms with Crippen LogP contribution in [0.4, 0.5) is 0 Å². The Labute approximate surface area is 97.2 Å². The molecule has 1 aromatic heterocycles. The lowest BCUT2D eigenvalue weighted by Crippen LogP contribution is -2.26. The Bertz CT molecular complexity index is 355. The number of furan rings is 1. The summed E-state index contributed by atoms with van der Waals surface area (Å²) in [5.74, 6) is 1.90. The molecule has 1 unspecified atom stereocenters. The monoisotopic (exact) mass is 223 g/mol. The molecule has 0 aliphatic heterocycles. The molecule has 1 heterocycles. The van der Waals surface area contributed by atoms with E-state index in [4.69, 9.17) is 4.42 Å². The molecular weight excluding hydrogens is 202 g/mol. The molecule has 3 nitrogen and oxygen atoms in total. The number of carbonyl (C=O) groups is 1. The van der Waals surface area contributed by atoms with E-state index in [2.05, 4.69) is 12.2 Å². The van der Waals surface area contributed by atoms with Crippen LogP contribution in [-0.2, 0) is 4.79 Å². The summed E-state index contributed by atoms with van der Waals surface area (Å²) in [4.78, 5) is 11.6. The molecule has 0 aromatic carbocycles. The average molecular weight is 223 g/mol. The average Bonchev–Trinajstić information content (AvgIpc) is 2.54. The topological polar surface area (TPSA) is 42.2 Å². The smallest absolute Gasteiger partial charge is 0.220 e. The van der Waals surface area contributed by atoms with Gasteiger partial charge in [0.1, 0.15) is 11.5 Å². The SMILES string of the molecule is CCCCC(=O)NC(C)c1cc(C)oc1C. The van der Waals surface area contributed by atoms with Gasteiger partial charge in [-0.3, -0.25) is 4.79 Å². The van der Waals surface area contributed by atoms with Crippen LogP contribution < -0.4 is 5.32 Å². The normalized spacial score (nSPS) is 12.5. The van der Waals surface area contributed by atoms with Crippen LogP contribution in [-0.4, -0.2) is 5.91 Å². The highest BCUT2D eigenvalue weighted by molar-refractivity contribution is 5.76. The second kappa shape index (κ2) is 5.73. The Morgan fingerprint density at radius 2 is 2.19 bits per heavy atom. The number of amides is 1. The number of unbranched alkanes of at least 4 members (excludes halogenated alkanes) is 1. The summed E-state index contributed by atoms with van der Waals surface area (Å²) >= 11 is 0. The van der Waals surface area contributed by atoms with Crippen molar-refractivity contribution in [1.29, 1.82) is 0 Å². The zero-order valence-electron chi connectivity index (χ0n) is 10.6. The predicted molar refractivity (Wildman–Crippen MR) is 64.3 cm³/mol. The van der Waals surface area contributed by atoms with Gasteiger partial charge in [-0.2, -0.15) is 0 Å². The van der Waals surface area contributed by atoms with E-state index in [1.165, 1.54) is 0 Å². The van der Waals surface area contributed by atoms with Crippen molar-refractivity contribution in [1.82, 2.24) is 5.32 Å². The van der Waals surface area contributed by atoms with Gasteiger partial charge in [-0.15, -0.1) is 0 Å². The zero-order chi connectivity index (χ0) is 12.1. The summed E-state index contributed by atoms with van der Waals surface area (Å²) in [6, 6.07) is 2.02. The van der Waals surface area contributed by atoms with Crippen LogP contribution in [0, 0.1) is 13.8 Å². The van der Waals surface area contributed by atoms with Crippen molar-refractivity contribution in [3.05, 3.63) is 23.2 Å². The summed E-state index contributed by atoms with van der Waals surface area (Å²) in [5.41, 5.74) is 1.07. The molecule has 0 radical (unpaired) electrons. The van der Waals surface area contributed by atoms with E-state index in [0.717, 1.165) is 29.9 Å². The molecule has 1 N–H and O–H groups in total. The fourth-order valence-electron chi connectivity index (χ4n) is 1.81.